The van der Waals surface area contributed by atoms with Crippen molar-refractivity contribution in [3.8, 4) is 0 Å². The number of rotatable bonds is 2. The molecule has 1 fully saturated rings. The molecule has 1 aromatic heterocycles. The Hall–Kier alpha value is -1.49. The maximum Gasteiger partial charge on any atom is 0.293 e. The van der Waals surface area contributed by atoms with Gasteiger partial charge in [-0.3, -0.25) is 10.0 Å². The molecule has 1 heterocycles. The van der Waals surface area contributed by atoms with Gasteiger partial charge in [-0.05, 0) is 18.9 Å². The summed E-state index contributed by atoms with van der Waals surface area (Å²) in [6, 6.07) is 1.47. The molecule has 0 bridgehead atoms. The average molecular weight is 179 g/mol. The lowest BCUT2D eigenvalue weighted by Gasteiger charge is -1.99. The van der Waals surface area contributed by atoms with Crippen molar-refractivity contribution < 1.29 is 10.0 Å². The van der Waals surface area contributed by atoms with Gasteiger partial charge >= 0.3 is 0 Å². The standard InChI is InChI=1S/C8H9N3O2/c12-8(11-13)6-3-4-9-7(10-6)5-1-2-5/h3-5,13H,1-2H2,(H,11,12). The zero-order chi connectivity index (χ0) is 9.26. The Labute approximate surface area is 74.8 Å². The molecular weight excluding hydrogens is 170 g/mol. The lowest BCUT2D eigenvalue weighted by molar-refractivity contribution is 0.0700. The lowest BCUT2D eigenvalue weighted by atomic mass is 10.3. The Balaban J connectivity index is 2.26. The van der Waals surface area contributed by atoms with Crippen molar-refractivity contribution in [3.05, 3.63) is 23.8 Å². The van der Waals surface area contributed by atoms with Crippen LogP contribution in [0.1, 0.15) is 35.1 Å². The number of carbonyl (C=O) groups excluding carboxylic acids is 1. The van der Waals surface area contributed by atoms with Crippen LogP contribution in [-0.4, -0.2) is 21.1 Å². The predicted octanol–water partition coefficient (Wildman–Crippen LogP) is 0.473. The summed E-state index contributed by atoms with van der Waals surface area (Å²) in [6.45, 7) is 0. The van der Waals surface area contributed by atoms with Crippen LogP contribution in [0.3, 0.4) is 0 Å². The van der Waals surface area contributed by atoms with Crippen molar-refractivity contribution in [1.29, 1.82) is 0 Å². The number of hydroxylamine groups is 1. The first-order valence-electron chi connectivity index (χ1n) is 4.08. The van der Waals surface area contributed by atoms with Gasteiger partial charge in [-0.1, -0.05) is 0 Å². The van der Waals surface area contributed by atoms with Crippen molar-refractivity contribution in [2.75, 3.05) is 0 Å². The van der Waals surface area contributed by atoms with Gasteiger partial charge in [0.1, 0.15) is 11.5 Å². The summed E-state index contributed by atoms with van der Waals surface area (Å²) in [5.74, 6) is 0.511. The lowest BCUT2D eigenvalue weighted by Crippen LogP contribution is -2.20. The Morgan fingerprint density at radius 2 is 2.38 bits per heavy atom. The van der Waals surface area contributed by atoms with Crippen LogP contribution in [0.25, 0.3) is 0 Å². The summed E-state index contributed by atoms with van der Waals surface area (Å²) < 4.78 is 0. The summed E-state index contributed by atoms with van der Waals surface area (Å²) >= 11 is 0. The van der Waals surface area contributed by atoms with Crippen molar-refractivity contribution in [2.24, 2.45) is 0 Å². The van der Waals surface area contributed by atoms with Crippen LogP contribution in [-0.2, 0) is 0 Å². The van der Waals surface area contributed by atoms with Crippen LogP contribution in [0.5, 0.6) is 0 Å². The van der Waals surface area contributed by atoms with Gasteiger partial charge in [0.25, 0.3) is 5.91 Å². The first-order chi connectivity index (χ1) is 6.31. The van der Waals surface area contributed by atoms with Gasteiger partial charge in [-0.15, -0.1) is 0 Å². The van der Waals surface area contributed by atoms with Gasteiger partial charge < -0.3 is 0 Å². The number of aromatic nitrogens is 2. The van der Waals surface area contributed by atoms with Crippen LogP contribution in [0, 0.1) is 0 Å². The molecule has 0 aliphatic heterocycles. The van der Waals surface area contributed by atoms with Gasteiger partial charge in [0.2, 0.25) is 0 Å². The highest BCUT2D eigenvalue weighted by Crippen LogP contribution is 2.37. The minimum atomic E-state index is -0.593. The summed E-state index contributed by atoms with van der Waals surface area (Å²) in [4.78, 5) is 19.0. The molecule has 13 heavy (non-hydrogen) atoms. The van der Waals surface area contributed by atoms with Crippen LogP contribution >= 0.6 is 0 Å². The Morgan fingerprint density at radius 1 is 1.62 bits per heavy atom. The molecule has 0 saturated heterocycles. The smallest absolute Gasteiger partial charge is 0.288 e. The van der Waals surface area contributed by atoms with Crippen LogP contribution < -0.4 is 5.48 Å². The normalized spacial score (nSPS) is 15.5. The minimum Gasteiger partial charge on any atom is -0.288 e. The van der Waals surface area contributed by atoms with E-state index < -0.39 is 5.91 Å². The SMILES string of the molecule is O=C(NO)c1ccnc(C2CC2)n1. The van der Waals surface area contributed by atoms with E-state index in [9.17, 15) is 4.79 Å². The topological polar surface area (TPSA) is 75.1 Å². The third kappa shape index (κ3) is 1.65. The number of carbonyl (C=O) groups is 1. The van der Waals surface area contributed by atoms with E-state index in [-0.39, 0.29) is 5.69 Å². The highest BCUT2D eigenvalue weighted by Gasteiger charge is 2.26. The second-order valence-corrected chi connectivity index (χ2v) is 3.02. The van der Waals surface area contributed by atoms with Gasteiger partial charge in [0, 0.05) is 12.1 Å². The molecule has 0 atom stereocenters. The zero-order valence-corrected chi connectivity index (χ0v) is 6.90. The Kier molecular flexibility index (Phi) is 1.94. The molecule has 2 rings (SSSR count). The molecule has 1 aliphatic carbocycles. The van der Waals surface area contributed by atoms with Crippen LogP contribution in [0.2, 0.25) is 0 Å². The quantitative estimate of drug-likeness (QED) is 0.511. The maximum absolute atomic E-state index is 11.0. The number of nitrogens with one attached hydrogen (secondary N) is 1. The Morgan fingerprint density at radius 3 is 3.00 bits per heavy atom. The second kappa shape index (κ2) is 3.10. The number of nitrogens with zero attached hydrogens (tertiary/aromatic N) is 2. The van der Waals surface area contributed by atoms with E-state index in [4.69, 9.17) is 5.21 Å². The second-order valence-electron chi connectivity index (χ2n) is 3.02. The first kappa shape index (κ1) is 8.12. The van der Waals surface area contributed by atoms with E-state index in [0.717, 1.165) is 12.8 Å². The van der Waals surface area contributed by atoms with Crippen LogP contribution in [0.4, 0.5) is 0 Å². The van der Waals surface area contributed by atoms with E-state index in [1.54, 1.807) is 0 Å². The molecule has 5 heteroatoms. The predicted molar refractivity (Wildman–Crippen MR) is 43.3 cm³/mol. The summed E-state index contributed by atoms with van der Waals surface area (Å²) in [7, 11) is 0. The highest BCUT2D eigenvalue weighted by atomic mass is 16.5. The molecule has 0 spiro atoms. The van der Waals surface area contributed by atoms with Crippen molar-refractivity contribution in [3.63, 3.8) is 0 Å². The Bertz CT molecular complexity index is 336. The van der Waals surface area contributed by atoms with Crippen molar-refractivity contribution >= 4 is 5.91 Å². The third-order valence-corrected chi connectivity index (χ3v) is 1.95. The maximum atomic E-state index is 11.0. The minimum absolute atomic E-state index is 0.208. The van der Waals surface area contributed by atoms with Gasteiger partial charge in [0.15, 0.2) is 0 Å². The molecule has 5 nitrogen and oxygen atoms in total. The average Bonchev–Trinajstić information content (AvgIpc) is 3.00. The fourth-order valence-corrected chi connectivity index (χ4v) is 1.10. The first-order valence-corrected chi connectivity index (χ1v) is 4.08. The third-order valence-electron chi connectivity index (χ3n) is 1.95. The molecular formula is C8H9N3O2. The van der Waals surface area contributed by atoms with Gasteiger partial charge in [0.05, 0.1) is 0 Å². The molecule has 1 saturated carbocycles. The number of hydrogen-bond donors (Lipinski definition) is 2. The van der Waals surface area contributed by atoms with Gasteiger partial charge in [-0.2, -0.15) is 0 Å². The number of amides is 1. The monoisotopic (exact) mass is 179 g/mol. The zero-order valence-electron chi connectivity index (χ0n) is 6.90. The van der Waals surface area contributed by atoms with Gasteiger partial charge in [-0.25, -0.2) is 15.4 Å². The number of hydrogen-bond acceptors (Lipinski definition) is 4. The molecule has 1 amide bonds. The van der Waals surface area contributed by atoms with E-state index in [0.29, 0.717) is 11.7 Å². The van der Waals surface area contributed by atoms with E-state index in [2.05, 4.69) is 9.97 Å². The fraction of sp³-hybridized carbons (Fsp3) is 0.375. The highest BCUT2D eigenvalue weighted by molar-refractivity contribution is 5.91. The summed E-state index contributed by atoms with van der Waals surface area (Å²) in [6.07, 6.45) is 3.71. The molecule has 2 N–H and O–H groups in total. The van der Waals surface area contributed by atoms with Crippen molar-refractivity contribution in [1.82, 2.24) is 15.4 Å². The van der Waals surface area contributed by atoms with E-state index >= 15 is 0 Å². The molecule has 0 radical (unpaired) electrons. The molecule has 1 aromatic rings. The molecule has 0 unspecified atom stereocenters. The molecule has 0 aromatic carbocycles. The molecule has 68 valence electrons. The largest absolute Gasteiger partial charge is 0.293 e. The summed E-state index contributed by atoms with van der Waals surface area (Å²) in [5, 5.41) is 8.37. The fourth-order valence-electron chi connectivity index (χ4n) is 1.10. The summed E-state index contributed by atoms with van der Waals surface area (Å²) in [5.41, 5.74) is 1.75. The van der Waals surface area contributed by atoms with Crippen molar-refractivity contribution in [2.45, 2.75) is 18.8 Å². The van der Waals surface area contributed by atoms with Crippen LogP contribution in [0.15, 0.2) is 12.3 Å². The van der Waals surface area contributed by atoms with E-state index in [1.165, 1.54) is 17.7 Å². The molecule has 1 aliphatic rings. The van der Waals surface area contributed by atoms with E-state index in [1.807, 2.05) is 0 Å².